The highest BCUT2D eigenvalue weighted by atomic mass is 32.2. The SMILES string of the molecule is c1cnc2c(-c3nc4c(-c5cc[s+](-c6cncnc6)c5)cncc4[nH]3)n[nH]c2c1. The monoisotopic (exact) mass is 397 g/mol. The Balaban J connectivity index is 1.48. The van der Waals surface area contributed by atoms with Crippen molar-refractivity contribution in [1.29, 1.82) is 0 Å². The lowest BCUT2D eigenvalue weighted by atomic mass is 10.1. The summed E-state index contributed by atoms with van der Waals surface area (Å²) < 4.78 is 0. The second-order valence-electron chi connectivity index (χ2n) is 6.46. The summed E-state index contributed by atoms with van der Waals surface area (Å²) in [5.74, 6) is 0.664. The minimum absolute atomic E-state index is 0.166. The molecule has 29 heavy (non-hydrogen) atoms. The molecule has 0 aromatic carbocycles. The second kappa shape index (κ2) is 6.28. The van der Waals surface area contributed by atoms with E-state index in [4.69, 9.17) is 4.98 Å². The minimum atomic E-state index is -0.166. The van der Waals surface area contributed by atoms with E-state index in [2.05, 4.69) is 51.9 Å². The Bertz CT molecular complexity index is 1460. The first-order chi connectivity index (χ1) is 14.4. The maximum Gasteiger partial charge on any atom is 0.214 e. The van der Waals surface area contributed by atoms with Crippen LogP contribution in [0.1, 0.15) is 0 Å². The van der Waals surface area contributed by atoms with Gasteiger partial charge in [-0.1, -0.05) is 0 Å². The highest BCUT2D eigenvalue weighted by molar-refractivity contribution is 7.37. The summed E-state index contributed by atoms with van der Waals surface area (Å²) in [6.07, 6.45) is 10.6. The summed E-state index contributed by atoms with van der Waals surface area (Å²) in [6, 6.07) is 5.92. The summed E-state index contributed by atoms with van der Waals surface area (Å²) in [4.78, 5) is 26.3. The van der Waals surface area contributed by atoms with E-state index in [0.29, 0.717) is 11.5 Å². The molecule has 0 aliphatic rings. The number of fused-ring (bicyclic) bond motifs is 2. The fourth-order valence-electron chi connectivity index (χ4n) is 3.34. The zero-order valence-corrected chi connectivity index (χ0v) is 15.8. The minimum Gasteiger partial charge on any atom is -0.335 e. The highest BCUT2D eigenvalue weighted by Gasteiger charge is 2.19. The van der Waals surface area contributed by atoms with E-state index in [0.717, 1.165) is 38.1 Å². The number of aromatic amines is 2. The van der Waals surface area contributed by atoms with Gasteiger partial charge in [-0.2, -0.15) is 5.10 Å². The number of rotatable bonds is 3. The van der Waals surface area contributed by atoms with Gasteiger partial charge in [0.15, 0.2) is 16.9 Å². The van der Waals surface area contributed by atoms with E-state index >= 15 is 0 Å². The molecule has 0 radical (unpaired) electrons. The Kier molecular flexibility index (Phi) is 3.47. The van der Waals surface area contributed by atoms with E-state index in [1.807, 2.05) is 30.7 Å². The lowest BCUT2D eigenvalue weighted by molar-refractivity contribution is 1.10. The molecule has 0 fully saturated rings. The van der Waals surface area contributed by atoms with Crippen molar-refractivity contribution in [3.63, 3.8) is 0 Å². The zero-order chi connectivity index (χ0) is 19.2. The number of hydrogen-bond donors (Lipinski definition) is 2. The van der Waals surface area contributed by atoms with E-state index in [1.165, 1.54) is 0 Å². The van der Waals surface area contributed by atoms with Gasteiger partial charge < -0.3 is 4.98 Å². The molecule has 6 rings (SSSR count). The normalized spacial score (nSPS) is 12.1. The third kappa shape index (κ3) is 2.59. The van der Waals surface area contributed by atoms with Crippen LogP contribution in [-0.4, -0.2) is 40.1 Å². The number of nitrogens with zero attached hydrogens (tertiary/aromatic N) is 6. The van der Waals surface area contributed by atoms with Gasteiger partial charge in [-0.05, 0) is 12.1 Å². The van der Waals surface area contributed by atoms with Crippen LogP contribution in [0, 0.1) is 0 Å². The van der Waals surface area contributed by atoms with E-state index < -0.39 is 0 Å². The van der Waals surface area contributed by atoms with Crippen LogP contribution in [0.5, 0.6) is 0 Å². The van der Waals surface area contributed by atoms with Gasteiger partial charge in [-0.3, -0.25) is 15.1 Å². The van der Waals surface area contributed by atoms with Gasteiger partial charge >= 0.3 is 0 Å². The number of nitrogens with one attached hydrogen (secondary N) is 2. The third-order valence-corrected chi connectivity index (χ3v) is 6.40. The van der Waals surface area contributed by atoms with Gasteiger partial charge in [0.1, 0.15) is 22.7 Å². The van der Waals surface area contributed by atoms with E-state index in [9.17, 15) is 0 Å². The van der Waals surface area contributed by atoms with Gasteiger partial charge in [0.2, 0.25) is 4.90 Å². The molecule has 0 aliphatic carbocycles. The largest absolute Gasteiger partial charge is 0.335 e. The third-order valence-electron chi connectivity index (χ3n) is 4.71. The Morgan fingerprint density at radius 2 is 1.83 bits per heavy atom. The maximum atomic E-state index is 4.83. The smallest absolute Gasteiger partial charge is 0.214 e. The van der Waals surface area contributed by atoms with E-state index in [1.54, 1.807) is 18.7 Å². The van der Waals surface area contributed by atoms with Crippen molar-refractivity contribution in [3.05, 3.63) is 66.3 Å². The molecule has 6 heterocycles. The molecule has 0 bridgehead atoms. The van der Waals surface area contributed by atoms with Gasteiger partial charge in [0, 0.05) is 40.1 Å². The Labute approximate surface area is 166 Å². The second-order valence-corrected chi connectivity index (χ2v) is 8.19. The number of aromatic nitrogens is 8. The van der Waals surface area contributed by atoms with Crippen LogP contribution in [0.15, 0.2) is 66.3 Å². The molecular formula is C20H13N8S+. The van der Waals surface area contributed by atoms with Crippen LogP contribution >= 0.6 is 10.5 Å². The molecule has 0 saturated carbocycles. The van der Waals surface area contributed by atoms with Crippen LogP contribution in [0.4, 0.5) is 0 Å². The molecule has 2 N–H and O–H groups in total. The number of hydrogen-bond acceptors (Lipinski definition) is 6. The van der Waals surface area contributed by atoms with Gasteiger partial charge in [0.25, 0.3) is 0 Å². The predicted octanol–water partition coefficient (Wildman–Crippen LogP) is 4.09. The van der Waals surface area contributed by atoms with Gasteiger partial charge in [0.05, 0.1) is 29.6 Å². The molecule has 0 aliphatic heterocycles. The molecule has 138 valence electrons. The van der Waals surface area contributed by atoms with Crippen LogP contribution in [0.2, 0.25) is 0 Å². The average molecular weight is 397 g/mol. The Morgan fingerprint density at radius 3 is 2.76 bits per heavy atom. The molecule has 9 heteroatoms. The fraction of sp³-hybridized carbons (Fsp3) is 0. The Morgan fingerprint density at radius 1 is 0.897 bits per heavy atom. The summed E-state index contributed by atoms with van der Waals surface area (Å²) in [7, 11) is -0.166. The first-order valence-corrected chi connectivity index (χ1v) is 10.2. The molecule has 8 nitrogen and oxygen atoms in total. The van der Waals surface area contributed by atoms with Crippen LogP contribution in [0.3, 0.4) is 0 Å². The maximum absolute atomic E-state index is 4.83. The molecule has 1 unspecified atom stereocenters. The first kappa shape index (κ1) is 16.0. The molecular weight excluding hydrogens is 384 g/mol. The number of H-pyrrole nitrogens is 2. The topological polar surface area (TPSA) is 109 Å². The zero-order valence-electron chi connectivity index (χ0n) is 14.9. The fourth-order valence-corrected chi connectivity index (χ4v) is 4.85. The molecule has 0 saturated heterocycles. The predicted molar refractivity (Wildman–Crippen MR) is 112 cm³/mol. The summed E-state index contributed by atoms with van der Waals surface area (Å²) in [5, 5.41) is 11.8. The van der Waals surface area contributed by atoms with Crippen molar-refractivity contribution >= 4 is 32.5 Å². The van der Waals surface area contributed by atoms with Crippen molar-refractivity contribution < 1.29 is 0 Å². The quantitative estimate of drug-likeness (QED) is 0.435. The van der Waals surface area contributed by atoms with Crippen LogP contribution < -0.4 is 0 Å². The molecule has 6 aromatic rings. The van der Waals surface area contributed by atoms with Crippen molar-refractivity contribution in [2.75, 3.05) is 0 Å². The van der Waals surface area contributed by atoms with Gasteiger partial charge in [-0.25, -0.2) is 15.0 Å². The number of imidazole rings is 1. The summed E-state index contributed by atoms with van der Waals surface area (Å²) in [5.41, 5.74) is 6.11. The lowest BCUT2D eigenvalue weighted by Gasteiger charge is -1.96. The van der Waals surface area contributed by atoms with Crippen molar-refractivity contribution in [1.82, 2.24) is 40.1 Å². The van der Waals surface area contributed by atoms with Crippen LogP contribution in [0.25, 0.3) is 49.6 Å². The van der Waals surface area contributed by atoms with Crippen molar-refractivity contribution in [3.8, 4) is 27.5 Å². The molecule has 6 aromatic heterocycles. The standard InChI is InChI=1S/C20H13N8S/c1-2-15-18(24-4-1)19(28-27-15)20-25-16-9-21-8-14(17(16)26-20)12-3-5-29(10-12)13-6-22-11-23-7-13/h1-11H,(H,25,26)(H,27,28)/q+1. The average Bonchev–Trinajstić information content (AvgIpc) is 3.51. The Hall–Kier alpha value is -3.98. The van der Waals surface area contributed by atoms with Crippen molar-refractivity contribution in [2.45, 2.75) is 0 Å². The number of pyridine rings is 2. The number of thiophene rings is 1. The summed E-state index contributed by atoms with van der Waals surface area (Å²) in [6.45, 7) is 0. The summed E-state index contributed by atoms with van der Waals surface area (Å²) >= 11 is 0. The van der Waals surface area contributed by atoms with Crippen LogP contribution in [-0.2, 0) is 0 Å². The first-order valence-electron chi connectivity index (χ1n) is 8.87. The highest BCUT2D eigenvalue weighted by Crippen LogP contribution is 2.37. The van der Waals surface area contributed by atoms with E-state index in [-0.39, 0.29) is 10.5 Å². The molecule has 1 atom stereocenters. The lowest BCUT2D eigenvalue weighted by Crippen LogP contribution is -1.83. The van der Waals surface area contributed by atoms with Gasteiger partial charge in [-0.15, -0.1) is 0 Å². The molecule has 0 spiro atoms. The van der Waals surface area contributed by atoms with Crippen molar-refractivity contribution in [2.24, 2.45) is 0 Å². The molecule has 0 amide bonds.